The van der Waals surface area contributed by atoms with Crippen molar-refractivity contribution in [3.63, 3.8) is 0 Å². The summed E-state index contributed by atoms with van der Waals surface area (Å²) in [6.45, 7) is 6.59. The summed E-state index contributed by atoms with van der Waals surface area (Å²) in [5, 5.41) is 2.91. The van der Waals surface area contributed by atoms with Gasteiger partial charge in [0.05, 0.1) is 31.9 Å². The van der Waals surface area contributed by atoms with Gasteiger partial charge in [0.15, 0.2) is 0 Å². The molecule has 0 aliphatic rings. The minimum atomic E-state index is -4.26. The van der Waals surface area contributed by atoms with Crippen molar-refractivity contribution in [2.24, 2.45) is 0 Å². The van der Waals surface area contributed by atoms with Crippen LogP contribution < -0.4 is 23.8 Å². The first-order valence-electron chi connectivity index (χ1n) is 13.3. The zero-order chi connectivity index (χ0) is 31.1. The summed E-state index contributed by atoms with van der Waals surface area (Å²) in [6.07, 6.45) is 0. The Hall–Kier alpha value is -4.25. The highest BCUT2D eigenvalue weighted by atomic mass is 32.2. The largest absolute Gasteiger partial charge is 0.497 e. The molecule has 0 heterocycles. The molecule has 42 heavy (non-hydrogen) atoms. The lowest BCUT2D eigenvalue weighted by molar-refractivity contribution is -0.140. The molecule has 0 aliphatic heterocycles. The fourth-order valence-corrected chi connectivity index (χ4v) is 5.65. The number of methoxy groups -OCH3 is 3. The maximum atomic E-state index is 14.1. The minimum absolute atomic E-state index is 0.0112. The normalized spacial score (nSPS) is 12.2. The fraction of sp³-hybridized carbons (Fsp3) is 0.355. The van der Waals surface area contributed by atoms with Crippen LogP contribution in [0, 0.1) is 0 Å². The Balaban J connectivity index is 2.11. The first-order valence-corrected chi connectivity index (χ1v) is 14.8. The second-order valence-electron chi connectivity index (χ2n) is 10.6. The van der Waals surface area contributed by atoms with Gasteiger partial charge in [0.2, 0.25) is 11.8 Å². The van der Waals surface area contributed by atoms with Gasteiger partial charge in [0, 0.05) is 18.2 Å². The van der Waals surface area contributed by atoms with E-state index >= 15 is 0 Å². The number of nitrogens with zero attached hydrogens (tertiary/aromatic N) is 2. The van der Waals surface area contributed by atoms with E-state index in [0.717, 1.165) is 9.87 Å². The van der Waals surface area contributed by atoms with Crippen LogP contribution in [-0.4, -0.2) is 64.6 Å². The lowest BCUT2D eigenvalue weighted by Crippen LogP contribution is -2.54. The van der Waals surface area contributed by atoms with Crippen molar-refractivity contribution in [1.82, 2.24) is 10.2 Å². The van der Waals surface area contributed by atoms with E-state index in [2.05, 4.69) is 5.32 Å². The van der Waals surface area contributed by atoms with E-state index in [-0.39, 0.29) is 28.8 Å². The van der Waals surface area contributed by atoms with Crippen molar-refractivity contribution in [2.45, 2.75) is 50.7 Å². The molecule has 0 aromatic heterocycles. The van der Waals surface area contributed by atoms with Crippen LogP contribution in [0.1, 0.15) is 33.3 Å². The average Bonchev–Trinajstić information content (AvgIpc) is 2.97. The number of rotatable bonds is 12. The van der Waals surface area contributed by atoms with Crippen LogP contribution in [0.5, 0.6) is 17.2 Å². The number of amides is 2. The molecule has 2 amide bonds. The van der Waals surface area contributed by atoms with Crippen LogP contribution in [0.4, 0.5) is 5.69 Å². The summed E-state index contributed by atoms with van der Waals surface area (Å²) in [4.78, 5) is 28.8. The molecule has 1 unspecified atom stereocenters. The molecule has 0 saturated heterocycles. The summed E-state index contributed by atoms with van der Waals surface area (Å²) >= 11 is 0. The molecule has 1 atom stereocenters. The van der Waals surface area contributed by atoms with Gasteiger partial charge in [-0.3, -0.25) is 13.9 Å². The summed E-state index contributed by atoms with van der Waals surface area (Å²) in [5.41, 5.74) is 0.304. The van der Waals surface area contributed by atoms with Gasteiger partial charge in [0.25, 0.3) is 10.0 Å². The first kappa shape index (κ1) is 32.3. The van der Waals surface area contributed by atoms with E-state index in [1.807, 2.05) is 20.8 Å². The van der Waals surface area contributed by atoms with E-state index in [1.165, 1.54) is 37.3 Å². The molecular formula is C31H39N3O7S. The zero-order valence-electron chi connectivity index (χ0n) is 25.1. The quantitative estimate of drug-likeness (QED) is 0.332. The standard InChI is InChI=1S/C31H39N3O7S/c1-22(30(36)32-31(2,3)4)33(20-23-13-15-24(39-5)16-14-23)29(35)21-34(42(37,38)26-11-9-8-10-12-26)27-19-25(40-6)17-18-28(27)41-7/h8-19,22H,20-21H2,1-7H3,(H,32,36). The third-order valence-corrected chi connectivity index (χ3v) is 8.22. The second-order valence-corrected chi connectivity index (χ2v) is 12.5. The number of benzene rings is 3. The molecule has 0 aliphatic carbocycles. The maximum Gasteiger partial charge on any atom is 0.264 e. The van der Waals surface area contributed by atoms with Gasteiger partial charge >= 0.3 is 0 Å². The Morgan fingerprint density at radius 3 is 2.00 bits per heavy atom. The van der Waals surface area contributed by atoms with Crippen molar-refractivity contribution in [2.75, 3.05) is 32.2 Å². The predicted molar refractivity (Wildman–Crippen MR) is 161 cm³/mol. The molecule has 0 bridgehead atoms. The van der Waals surface area contributed by atoms with Crippen molar-refractivity contribution in [3.05, 3.63) is 78.4 Å². The van der Waals surface area contributed by atoms with E-state index in [1.54, 1.807) is 68.6 Å². The molecule has 3 rings (SSSR count). The molecule has 0 radical (unpaired) electrons. The lowest BCUT2D eigenvalue weighted by Gasteiger charge is -2.33. The van der Waals surface area contributed by atoms with Crippen LogP contribution >= 0.6 is 0 Å². The molecule has 3 aromatic carbocycles. The van der Waals surface area contributed by atoms with Gasteiger partial charge < -0.3 is 24.4 Å². The van der Waals surface area contributed by atoms with Gasteiger partial charge in [-0.05, 0) is 69.7 Å². The lowest BCUT2D eigenvalue weighted by atomic mass is 10.1. The van der Waals surface area contributed by atoms with Crippen molar-refractivity contribution >= 4 is 27.5 Å². The summed E-state index contributed by atoms with van der Waals surface area (Å²) in [7, 11) is 0.159. The number of carbonyl (C=O) groups excluding carboxylic acids is 2. The Morgan fingerprint density at radius 2 is 1.45 bits per heavy atom. The maximum absolute atomic E-state index is 14.1. The SMILES string of the molecule is COc1ccc(CN(C(=O)CN(c2cc(OC)ccc2OC)S(=O)(=O)c2ccccc2)C(C)C(=O)NC(C)(C)C)cc1. The molecule has 1 N–H and O–H groups in total. The smallest absolute Gasteiger partial charge is 0.264 e. The van der Waals surface area contributed by atoms with Crippen LogP contribution in [-0.2, 0) is 26.2 Å². The Labute approximate surface area is 248 Å². The van der Waals surface area contributed by atoms with Crippen LogP contribution in [0.25, 0.3) is 0 Å². The van der Waals surface area contributed by atoms with Crippen LogP contribution in [0.2, 0.25) is 0 Å². The molecule has 0 saturated carbocycles. The van der Waals surface area contributed by atoms with Crippen molar-refractivity contribution in [1.29, 1.82) is 0 Å². The summed E-state index contributed by atoms with van der Waals surface area (Å²) < 4.78 is 45.2. The molecule has 0 spiro atoms. The Morgan fingerprint density at radius 1 is 0.857 bits per heavy atom. The van der Waals surface area contributed by atoms with Gasteiger partial charge in [-0.2, -0.15) is 0 Å². The number of hydrogen-bond acceptors (Lipinski definition) is 7. The monoisotopic (exact) mass is 597 g/mol. The molecule has 226 valence electrons. The highest BCUT2D eigenvalue weighted by Crippen LogP contribution is 2.36. The summed E-state index contributed by atoms with van der Waals surface area (Å²) in [5.74, 6) is 0.274. The summed E-state index contributed by atoms with van der Waals surface area (Å²) in [6, 6.07) is 18.7. The Bertz CT molecular complexity index is 1470. The second kappa shape index (κ2) is 13.6. The van der Waals surface area contributed by atoms with E-state index < -0.39 is 34.1 Å². The third kappa shape index (κ3) is 7.94. The van der Waals surface area contributed by atoms with Crippen molar-refractivity contribution < 1.29 is 32.2 Å². The van der Waals surface area contributed by atoms with Gasteiger partial charge in [-0.25, -0.2) is 8.42 Å². The van der Waals surface area contributed by atoms with Crippen LogP contribution in [0.15, 0.2) is 77.7 Å². The highest BCUT2D eigenvalue weighted by molar-refractivity contribution is 7.92. The van der Waals surface area contributed by atoms with Crippen LogP contribution in [0.3, 0.4) is 0 Å². The van der Waals surface area contributed by atoms with Gasteiger partial charge in [-0.1, -0.05) is 30.3 Å². The predicted octanol–water partition coefficient (Wildman–Crippen LogP) is 4.24. The number of sulfonamides is 1. The number of carbonyl (C=O) groups is 2. The number of hydrogen-bond donors (Lipinski definition) is 1. The van der Waals surface area contributed by atoms with E-state index in [4.69, 9.17) is 14.2 Å². The average molecular weight is 598 g/mol. The molecule has 3 aromatic rings. The first-order chi connectivity index (χ1) is 19.8. The van der Waals surface area contributed by atoms with E-state index in [9.17, 15) is 18.0 Å². The van der Waals surface area contributed by atoms with Crippen molar-refractivity contribution in [3.8, 4) is 17.2 Å². The molecule has 10 nitrogen and oxygen atoms in total. The van der Waals surface area contributed by atoms with Gasteiger partial charge in [0.1, 0.15) is 29.8 Å². The number of nitrogens with one attached hydrogen (secondary N) is 1. The highest BCUT2D eigenvalue weighted by Gasteiger charge is 2.34. The molecule has 0 fully saturated rings. The van der Waals surface area contributed by atoms with E-state index in [0.29, 0.717) is 11.5 Å². The molecule has 11 heteroatoms. The van der Waals surface area contributed by atoms with Gasteiger partial charge in [-0.15, -0.1) is 0 Å². The molecular weight excluding hydrogens is 558 g/mol. The topological polar surface area (TPSA) is 114 Å². The number of anilines is 1. The minimum Gasteiger partial charge on any atom is -0.497 e. The number of ether oxygens (including phenoxy) is 3. The Kier molecular flexibility index (Phi) is 10.5. The third-order valence-electron chi connectivity index (χ3n) is 6.44. The zero-order valence-corrected chi connectivity index (χ0v) is 25.9. The fourth-order valence-electron chi connectivity index (χ4n) is 4.21.